The molecular weight excluding hydrogens is 265 g/mol. The first kappa shape index (κ1) is 17.3. The van der Waals surface area contributed by atoms with E-state index in [1.54, 1.807) is 0 Å². The lowest BCUT2D eigenvalue weighted by Crippen LogP contribution is -2.27. The maximum absolute atomic E-state index is 9.75. The topological polar surface area (TPSA) is 12.9 Å². The Kier molecular flexibility index (Phi) is 6.74. The van der Waals surface area contributed by atoms with Crippen LogP contribution in [0.1, 0.15) is 19.4 Å². The lowest BCUT2D eigenvalue weighted by Gasteiger charge is -2.22. The SMILES string of the molecule is C[S+](C)CC(C)(C)c1ccncc1.F[B-](F)(F)F. The second-order valence-corrected chi connectivity index (χ2v) is 7.00. The van der Waals surface area contributed by atoms with Crippen molar-refractivity contribution < 1.29 is 17.3 Å². The highest BCUT2D eigenvalue weighted by Crippen LogP contribution is 2.23. The largest absolute Gasteiger partial charge is 0.673 e. The minimum Gasteiger partial charge on any atom is -0.418 e. The Hall–Kier alpha value is -0.715. The Morgan fingerprint density at radius 1 is 1.11 bits per heavy atom. The molecule has 0 atom stereocenters. The lowest BCUT2D eigenvalue weighted by molar-refractivity contribution is 0.368. The number of pyridine rings is 1. The van der Waals surface area contributed by atoms with E-state index < -0.39 is 7.25 Å². The van der Waals surface area contributed by atoms with Crippen molar-refractivity contribution in [3.05, 3.63) is 30.1 Å². The van der Waals surface area contributed by atoms with Gasteiger partial charge in [0, 0.05) is 17.8 Å². The maximum atomic E-state index is 9.75. The molecular formula is C11H18BF4NS. The normalized spacial score (nSPS) is 12.1. The molecule has 0 amide bonds. The van der Waals surface area contributed by atoms with E-state index in [0.29, 0.717) is 10.9 Å². The first-order valence-electron chi connectivity index (χ1n) is 5.34. The zero-order chi connectivity index (χ0) is 14.4. The van der Waals surface area contributed by atoms with E-state index in [2.05, 4.69) is 43.5 Å². The Bertz CT molecular complexity index is 335. The summed E-state index contributed by atoms with van der Waals surface area (Å²) in [6.45, 7) is 4.60. The molecule has 0 N–H and O–H groups in total. The molecule has 1 aromatic heterocycles. The van der Waals surface area contributed by atoms with Gasteiger partial charge in [-0.05, 0) is 28.6 Å². The minimum absolute atomic E-state index is 0.287. The number of hydrogen-bond acceptors (Lipinski definition) is 1. The van der Waals surface area contributed by atoms with E-state index in [4.69, 9.17) is 0 Å². The first-order chi connectivity index (χ1) is 8.02. The molecule has 1 heterocycles. The standard InChI is InChI=1S/C11H18NS.BF4/c1-11(2,9-13(3)4)10-5-7-12-8-6-10;2-1(3,4)5/h5-8H,9H2,1-4H3;/q+1;-1. The zero-order valence-corrected chi connectivity index (χ0v) is 11.8. The van der Waals surface area contributed by atoms with Gasteiger partial charge in [-0.25, -0.2) is 0 Å². The molecule has 1 rings (SSSR count). The summed E-state index contributed by atoms with van der Waals surface area (Å²) in [6.07, 6.45) is 8.34. The summed E-state index contributed by atoms with van der Waals surface area (Å²) in [5.74, 6) is 1.25. The van der Waals surface area contributed by atoms with Crippen molar-refractivity contribution in [2.45, 2.75) is 19.3 Å². The third-order valence-electron chi connectivity index (χ3n) is 2.11. The van der Waals surface area contributed by atoms with Gasteiger partial charge < -0.3 is 17.3 Å². The van der Waals surface area contributed by atoms with Gasteiger partial charge >= 0.3 is 7.25 Å². The van der Waals surface area contributed by atoms with Crippen molar-refractivity contribution >= 4 is 18.1 Å². The van der Waals surface area contributed by atoms with Gasteiger partial charge in [0.2, 0.25) is 0 Å². The predicted molar refractivity (Wildman–Crippen MR) is 71.5 cm³/mol. The molecule has 0 aliphatic heterocycles. The van der Waals surface area contributed by atoms with Gasteiger partial charge in [-0.15, -0.1) is 0 Å². The quantitative estimate of drug-likeness (QED) is 0.470. The molecule has 1 aromatic rings. The van der Waals surface area contributed by atoms with Crippen LogP contribution in [-0.4, -0.2) is 30.5 Å². The van der Waals surface area contributed by atoms with Crippen molar-refractivity contribution in [1.82, 2.24) is 4.98 Å². The zero-order valence-electron chi connectivity index (χ0n) is 11.0. The molecule has 0 spiro atoms. The first-order valence-corrected chi connectivity index (χ1v) is 7.55. The molecule has 0 aliphatic carbocycles. The van der Waals surface area contributed by atoms with Crippen molar-refractivity contribution in [3.63, 3.8) is 0 Å². The molecule has 18 heavy (non-hydrogen) atoms. The van der Waals surface area contributed by atoms with E-state index in [9.17, 15) is 17.3 Å². The molecule has 0 aliphatic rings. The highest BCUT2D eigenvalue weighted by Gasteiger charge is 2.26. The average molecular weight is 283 g/mol. The molecule has 104 valence electrons. The Balaban J connectivity index is 0.000000494. The summed E-state index contributed by atoms with van der Waals surface area (Å²) in [6, 6.07) is 4.24. The Morgan fingerprint density at radius 3 is 1.83 bits per heavy atom. The van der Waals surface area contributed by atoms with E-state index in [0.717, 1.165) is 0 Å². The highest BCUT2D eigenvalue weighted by molar-refractivity contribution is 7.95. The third-order valence-corrected chi connectivity index (χ3v) is 3.41. The van der Waals surface area contributed by atoms with Gasteiger partial charge in [0.1, 0.15) is 5.75 Å². The fourth-order valence-corrected chi connectivity index (χ4v) is 3.22. The van der Waals surface area contributed by atoms with E-state index >= 15 is 0 Å². The lowest BCUT2D eigenvalue weighted by atomic mass is 9.88. The van der Waals surface area contributed by atoms with Crippen molar-refractivity contribution in [1.29, 1.82) is 0 Å². The van der Waals surface area contributed by atoms with Crippen LogP contribution in [0.15, 0.2) is 24.5 Å². The van der Waals surface area contributed by atoms with E-state index in [1.807, 2.05) is 12.4 Å². The van der Waals surface area contributed by atoms with Gasteiger partial charge in [0.05, 0.1) is 12.5 Å². The van der Waals surface area contributed by atoms with Crippen LogP contribution >= 0.6 is 0 Å². The number of aromatic nitrogens is 1. The molecule has 0 aromatic carbocycles. The van der Waals surface area contributed by atoms with Crippen molar-refractivity contribution in [3.8, 4) is 0 Å². The average Bonchev–Trinajstić information content (AvgIpc) is 2.14. The number of halogens is 4. The van der Waals surface area contributed by atoms with Gasteiger partial charge in [0.15, 0.2) is 0 Å². The van der Waals surface area contributed by atoms with Crippen molar-refractivity contribution in [2.24, 2.45) is 0 Å². The van der Waals surface area contributed by atoms with Crippen LogP contribution in [0.3, 0.4) is 0 Å². The van der Waals surface area contributed by atoms with Crippen LogP contribution in [0.2, 0.25) is 0 Å². The molecule has 0 bridgehead atoms. The molecule has 0 saturated heterocycles. The highest BCUT2D eigenvalue weighted by atomic mass is 32.2. The molecule has 0 radical (unpaired) electrons. The van der Waals surface area contributed by atoms with Crippen LogP contribution in [0.5, 0.6) is 0 Å². The summed E-state index contributed by atoms with van der Waals surface area (Å²) in [4.78, 5) is 4.04. The van der Waals surface area contributed by atoms with Crippen LogP contribution < -0.4 is 0 Å². The summed E-state index contributed by atoms with van der Waals surface area (Å²) < 4.78 is 39.0. The van der Waals surface area contributed by atoms with Gasteiger partial charge in [-0.1, -0.05) is 13.8 Å². The fourth-order valence-electron chi connectivity index (χ4n) is 1.61. The second-order valence-electron chi connectivity index (χ2n) is 4.74. The fraction of sp³-hybridized carbons (Fsp3) is 0.545. The second kappa shape index (κ2) is 7.02. The molecule has 7 heteroatoms. The molecule has 0 saturated carbocycles. The van der Waals surface area contributed by atoms with Crippen LogP contribution in [0.25, 0.3) is 0 Å². The van der Waals surface area contributed by atoms with Crippen LogP contribution in [0, 0.1) is 0 Å². The van der Waals surface area contributed by atoms with E-state index in [-0.39, 0.29) is 5.41 Å². The van der Waals surface area contributed by atoms with Gasteiger partial charge in [-0.3, -0.25) is 4.98 Å². The third kappa shape index (κ3) is 9.33. The maximum Gasteiger partial charge on any atom is 0.673 e. The number of nitrogens with zero attached hydrogens (tertiary/aromatic N) is 1. The minimum atomic E-state index is -6.00. The Morgan fingerprint density at radius 2 is 1.50 bits per heavy atom. The van der Waals surface area contributed by atoms with Crippen LogP contribution in [0.4, 0.5) is 17.3 Å². The molecule has 1 nitrogen and oxygen atoms in total. The summed E-state index contributed by atoms with van der Waals surface area (Å²) in [7, 11) is -5.51. The summed E-state index contributed by atoms with van der Waals surface area (Å²) in [5, 5.41) is 0. The molecule has 0 unspecified atom stereocenters. The number of hydrogen-bond donors (Lipinski definition) is 0. The smallest absolute Gasteiger partial charge is 0.418 e. The predicted octanol–water partition coefficient (Wildman–Crippen LogP) is 3.54. The molecule has 0 fully saturated rings. The Labute approximate surface area is 108 Å². The summed E-state index contributed by atoms with van der Waals surface area (Å²) in [5.41, 5.74) is 1.68. The monoisotopic (exact) mass is 283 g/mol. The van der Waals surface area contributed by atoms with Gasteiger partial charge in [0.25, 0.3) is 0 Å². The van der Waals surface area contributed by atoms with E-state index in [1.165, 1.54) is 11.3 Å². The summed E-state index contributed by atoms with van der Waals surface area (Å²) >= 11 is 0. The van der Waals surface area contributed by atoms with Crippen molar-refractivity contribution in [2.75, 3.05) is 18.3 Å². The number of rotatable bonds is 3. The van der Waals surface area contributed by atoms with Crippen LogP contribution in [-0.2, 0) is 16.3 Å². The van der Waals surface area contributed by atoms with Gasteiger partial charge in [-0.2, -0.15) is 0 Å².